The molecule has 0 saturated carbocycles. The number of nitrogens with one attached hydrogen (secondary N) is 1. The lowest BCUT2D eigenvalue weighted by Gasteiger charge is -2.08. The number of benzene rings is 1. The standard InChI is InChI=1S/C13H14Br2FN3/c1-8-13(15)12(19(2)18-8)7-17-6-9-5-10(16)3-4-11(9)14/h3-5,17H,6-7H2,1-2H3. The van der Waals surface area contributed by atoms with E-state index in [1.165, 1.54) is 12.1 Å². The average molecular weight is 391 g/mol. The molecular weight excluding hydrogens is 377 g/mol. The van der Waals surface area contributed by atoms with E-state index in [-0.39, 0.29) is 5.82 Å². The van der Waals surface area contributed by atoms with Crippen molar-refractivity contribution in [3.63, 3.8) is 0 Å². The van der Waals surface area contributed by atoms with Crippen molar-refractivity contribution in [1.82, 2.24) is 15.1 Å². The Morgan fingerprint density at radius 3 is 2.68 bits per heavy atom. The van der Waals surface area contributed by atoms with Gasteiger partial charge in [-0.3, -0.25) is 4.68 Å². The minimum atomic E-state index is -0.224. The van der Waals surface area contributed by atoms with Crippen LogP contribution in [0.4, 0.5) is 4.39 Å². The number of nitrogens with zero attached hydrogens (tertiary/aromatic N) is 2. The molecule has 2 aromatic rings. The van der Waals surface area contributed by atoms with Crippen molar-refractivity contribution in [3.05, 3.63) is 49.9 Å². The topological polar surface area (TPSA) is 29.9 Å². The van der Waals surface area contributed by atoms with Crippen LogP contribution in [0.1, 0.15) is 17.0 Å². The van der Waals surface area contributed by atoms with Gasteiger partial charge in [-0.2, -0.15) is 5.10 Å². The quantitative estimate of drug-likeness (QED) is 0.862. The summed E-state index contributed by atoms with van der Waals surface area (Å²) in [6.45, 7) is 3.21. The monoisotopic (exact) mass is 389 g/mol. The van der Waals surface area contributed by atoms with Gasteiger partial charge in [-0.25, -0.2) is 4.39 Å². The van der Waals surface area contributed by atoms with E-state index in [1.807, 2.05) is 18.7 Å². The maximum absolute atomic E-state index is 13.2. The van der Waals surface area contributed by atoms with Gasteiger partial charge in [-0.05, 0) is 46.6 Å². The summed E-state index contributed by atoms with van der Waals surface area (Å²) in [6, 6.07) is 4.69. The second kappa shape index (κ2) is 6.15. The molecule has 0 unspecified atom stereocenters. The third-order valence-electron chi connectivity index (χ3n) is 2.88. The highest BCUT2D eigenvalue weighted by Gasteiger charge is 2.10. The minimum Gasteiger partial charge on any atom is -0.307 e. The average Bonchev–Trinajstić information content (AvgIpc) is 2.60. The number of hydrogen-bond donors (Lipinski definition) is 1. The van der Waals surface area contributed by atoms with Crippen LogP contribution in [0.2, 0.25) is 0 Å². The summed E-state index contributed by atoms with van der Waals surface area (Å²) in [4.78, 5) is 0. The normalized spacial score (nSPS) is 11.0. The molecule has 0 aliphatic rings. The molecule has 1 aromatic heterocycles. The second-order valence-electron chi connectivity index (χ2n) is 4.31. The molecule has 1 N–H and O–H groups in total. The third kappa shape index (κ3) is 3.43. The molecule has 0 fully saturated rings. The number of hydrogen-bond acceptors (Lipinski definition) is 2. The predicted octanol–water partition coefficient (Wildman–Crippen LogP) is 3.68. The van der Waals surface area contributed by atoms with E-state index in [1.54, 1.807) is 6.07 Å². The molecule has 0 aliphatic heterocycles. The minimum absolute atomic E-state index is 0.224. The molecule has 0 atom stereocenters. The second-order valence-corrected chi connectivity index (χ2v) is 5.96. The molecule has 6 heteroatoms. The van der Waals surface area contributed by atoms with Gasteiger partial charge in [0.1, 0.15) is 5.82 Å². The Morgan fingerprint density at radius 2 is 2.05 bits per heavy atom. The summed E-state index contributed by atoms with van der Waals surface area (Å²) < 4.78 is 16.9. The SMILES string of the molecule is Cc1nn(C)c(CNCc2cc(F)ccc2Br)c1Br. The van der Waals surface area contributed by atoms with Gasteiger partial charge in [0.15, 0.2) is 0 Å². The first-order chi connectivity index (χ1) is 8.99. The zero-order valence-electron chi connectivity index (χ0n) is 10.7. The van der Waals surface area contributed by atoms with Crippen molar-refractivity contribution in [3.8, 4) is 0 Å². The van der Waals surface area contributed by atoms with E-state index in [0.29, 0.717) is 13.1 Å². The number of halogens is 3. The fourth-order valence-corrected chi connectivity index (χ4v) is 2.73. The highest BCUT2D eigenvalue weighted by Crippen LogP contribution is 2.21. The molecule has 0 bridgehead atoms. The largest absolute Gasteiger partial charge is 0.307 e. The van der Waals surface area contributed by atoms with E-state index >= 15 is 0 Å². The summed E-state index contributed by atoms with van der Waals surface area (Å²) in [6.07, 6.45) is 0. The number of aryl methyl sites for hydroxylation is 2. The Balaban J connectivity index is 2.02. The Bertz CT molecular complexity index is 596. The predicted molar refractivity (Wildman–Crippen MR) is 80.3 cm³/mol. The van der Waals surface area contributed by atoms with E-state index in [0.717, 1.165) is 25.9 Å². The Morgan fingerprint density at radius 1 is 1.32 bits per heavy atom. The van der Waals surface area contributed by atoms with Gasteiger partial charge < -0.3 is 5.32 Å². The maximum Gasteiger partial charge on any atom is 0.123 e. The van der Waals surface area contributed by atoms with Crippen LogP contribution in [-0.4, -0.2) is 9.78 Å². The Hall–Kier alpha value is -0.720. The summed E-state index contributed by atoms with van der Waals surface area (Å²) in [7, 11) is 1.91. The highest BCUT2D eigenvalue weighted by molar-refractivity contribution is 9.10. The number of aromatic nitrogens is 2. The van der Waals surface area contributed by atoms with Crippen molar-refractivity contribution < 1.29 is 4.39 Å². The van der Waals surface area contributed by atoms with Crippen molar-refractivity contribution in [1.29, 1.82) is 0 Å². The van der Waals surface area contributed by atoms with Gasteiger partial charge in [0.05, 0.1) is 15.9 Å². The summed E-state index contributed by atoms with van der Waals surface area (Å²) >= 11 is 6.94. The van der Waals surface area contributed by atoms with Crippen molar-refractivity contribution in [2.24, 2.45) is 7.05 Å². The molecule has 0 aliphatic carbocycles. The first kappa shape index (κ1) is 14.7. The smallest absolute Gasteiger partial charge is 0.123 e. The maximum atomic E-state index is 13.2. The van der Waals surface area contributed by atoms with Gasteiger partial charge in [0.2, 0.25) is 0 Å². The van der Waals surface area contributed by atoms with E-state index in [9.17, 15) is 4.39 Å². The Labute approximate surface area is 128 Å². The zero-order chi connectivity index (χ0) is 14.0. The fourth-order valence-electron chi connectivity index (χ4n) is 1.87. The molecular formula is C13H14Br2FN3. The molecule has 19 heavy (non-hydrogen) atoms. The lowest BCUT2D eigenvalue weighted by Crippen LogP contribution is -2.16. The van der Waals surface area contributed by atoms with E-state index in [2.05, 4.69) is 42.3 Å². The Kier molecular flexibility index (Phi) is 4.76. The van der Waals surface area contributed by atoms with E-state index in [4.69, 9.17) is 0 Å². The van der Waals surface area contributed by atoms with Gasteiger partial charge in [0.25, 0.3) is 0 Å². The molecule has 2 rings (SSSR count). The summed E-state index contributed by atoms with van der Waals surface area (Å²) in [5.74, 6) is -0.224. The van der Waals surface area contributed by atoms with Crippen LogP contribution in [-0.2, 0) is 20.1 Å². The molecule has 0 saturated heterocycles. The molecule has 1 aromatic carbocycles. The summed E-state index contributed by atoms with van der Waals surface area (Å²) in [5, 5.41) is 7.62. The third-order valence-corrected chi connectivity index (χ3v) is 4.68. The molecule has 0 amide bonds. The molecule has 1 heterocycles. The lowest BCUT2D eigenvalue weighted by atomic mass is 10.2. The van der Waals surface area contributed by atoms with Gasteiger partial charge in [0, 0.05) is 24.6 Å². The molecule has 0 spiro atoms. The van der Waals surface area contributed by atoms with Crippen LogP contribution in [0, 0.1) is 12.7 Å². The van der Waals surface area contributed by atoms with Crippen LogP contribution < -0.4 is 5.32 Å². The van der Waals surface area contributed by atoms with Crippen molar-refractivity contribution >= 4 is 31.9 Å². The van der Waals surface area contributed by atoms with Crippen LogP contribution >= 0.6 is 31.9 Å². The molecule has 3 nitrogen and oxygen atoms in total. The van der Waals surface area contributed by atoms with Crippen molar-refractivity contribution in [2.75, 3.05) is 0 Å². The number of rotatable bonds is 4. The highest BCUT2D eigenvalue weighted by atomic mass is 79.9. The van der Waals surface area contributed by atoms with Crippen LogP contribution in [0.3, 0.4) is 0 Å². The van der Waals surface area contributed by atoms with Gasteiger partial charge in [-0.1, -0.05) is 15.9 Å². The first-order valence-corrected chi connectivity index (χ1v) is 7.40. The van der Waals surface area contributed by atoms with Crippen molar-refractivity contribution in [2.45, 2.75) is 20.0 Å². The lowest BCUT2D eigenvalue weighted by molar-refractivity contribution is 0.607. The summed E-state index contributed by atoms with van der Waals surface area (Å²) in [5.41, 5.74) is 2.94. The van der Waals surface area contributed by atoms with Crippen LogP contribution in [0.25, 0.3) is 0 Å². The molecule has 102 valence electrons. The fraction of sp³-hybridized carbons (Fsp3) is 0.308. The van der Waals surface area contributed by atoms with Gasteiger partial charge in [-0.15, -0.1) is 0 Å². The van der Waals surface area contributed by atoms with Crippen LogP contribution in [0.5, 0.6) is 0 Å². The van der Waals surface area contributed by atoms with Crippen LogP contribution in [0.15, 0.2) is 27.1 Å². The van der Waals surface area contributed by atoms with Gasteiger partial charge >= 0.3 is 0 Å². The van der Waals surface area contributed by atoms with E-state index < -0.39 is 0 Å². The molecule has 0 radical (unpaired) electrons. The first-order valence-electron chi connectivity index (χ1n) is 5.81. The zero-order valence-corrected chi connectivity index (χ0v) is 13.8.